The lowest BCUT2D eigenvalue weighted by Gasteiger charge is -2.42. The summed E-state index contributed by atoms with van der Waals surface area (Å²) in [6, 6.07) is 10.4. The molecule has 0 radical (unpaired) electrons. The number of carbonyl (C=O) groups excluding carboxylic acids is 1. The highest BCUT2D eigenvalue weighted by molar-refractivity contribution is 5.80. The fourth-order valence-electron chi connectivity index (χ4n) is 3.66. The van der Waals surface area contributed by atoms with E-state index < -0.39 is 0 Å². The fourth-order valence-corrected chi connectivity index (χ4v) is 3.66. The van der Waals surface area contributed by atoms with Crippen LogP contribution in [0.25, 0.3) is 0 Å². The molecule has 1 aliphatic heterocycles. The zero-order valence-corrected chi connectivity index (χ0v) is 11.7. The van der Waals surface area contributed by atoms with Crippen molar-refractivity contribution in [1.29, 1.82) is 0 Å². The molecule has 1 heterocycles. The van der Waals surface area contributed by atoms with Crippen LogP contribution in [0.1, 0.15) is 38.2 Å². The molecule has 2 heteroatoms. The van der Waals surface area contributed by atoms with Gasteiger partial charge in [0.15, 0.2) is 0 Å². The topological polar surface area (TPSA) is 20.3 Å². The lowest BCUT2D eigenvalue weighted by atomic mass is 9.67. The second-order valence-corrected chi connectivity index (χ2v) is 6.33. The summed E-state index contributed by atoms with van der Waals surface area (Å²) >= 11 is 0. The average Bonchev–Trinajstić information content (AvgIpc) is 2.39. The molecule has 3 rings (SSSR count). The SMILES string of the molecule is CC1CC(C2CCCN(Cc3ccccc3)C2=O)C1. The minimum atomic E-state index is 0.314. The summed E-state index contributed by atoms with van der Waals surface area (Å²) in [5.74, 6) is 2.23. The van der Waals surface area contributed by atoms with E-state index in [1.165, 1.54) is 24.8 Å². The lowest BCUT2D eigenvalue weighted by Crippen LogP contribution is -2.46. The Labute approximate surface area is 115 Å². The highest BCUT2D eigenvalue weighted by Crippen LogP contribution is 2.42. The van der Waals surface area contributed by atoms with Crippen LogP contribution in [0, 0.1) is 17.8 Å². The second kappa shape index (κ2) is 5.36. The molecular weight excluding hydrogens is 234 g/mol. The Morgan fingerprint density at radius 2 is 1.95 bits per heavy atom. The summed E-state index contributed by atoms with van der Waals surface area (Å²) in [6.45, 7) is 4.02. The number of piperidine rings is 1. The molecule has 1 atom stereocenters. The number of nitrogens with zero attached hydrogens (tertiary/aromatic N) is 1. The lowest BCUT2D eigenvalue weighted by molar-refractivity contribution is -0.143. The van der Waals surface area contributed by atoms with E-state index >= 15 is 0 Å². The molecular formula is C17H23NO. The van der Waals surface area contributed by atoms with Gasteiger partial charge in [-0.15, -0.1) is 0 Å². The highest BCUT2D eigenvalue weighted by Gasteiger charge is 2.39. The molecule has 0 bridgehead atoms. The molecule has 19 heavy (non-hydrogen) atoms. The number of carbonyl (C=O) groups is 1. The summed E-state index contributed by atoms with van der Waals surface area (Å²) in [4.78, 5) is 14.7. The Hall–Kier alpha value is -1.31. The van der Waals surface area contributed by atoms with Crippen molar-refractivity contribution < 1.29 is 4.79 Å². The normalized spacial score (nSPS) is 31.1. The molecule has 1 aromatic carbocycles. The predicted molar refractivity (Wildman–Crippen MR) is 76.5 cm³/mol. The number of rotatable bonds is 3. The van der Waals surface area contributed by atoms with E-state index in [9.17, 15) is 4.79 Å². The van der Waals surface area contributed by atoms with Crippen LogP contribution in [0.5, 0.6) is 0 Å². The zero-order valence-electron chi connectivity index (χ0n) is 11.7. The molecule has 1 amide bonds. The van der Waals surface area contributed by atoms with Gasteiger partial charge < -0.3 is 4.90 Å². The van der Waals surface area contributed by atoms with E-state index in [2.05, 4.69) is 36.1 Å². The summed E-state index contributed by atoms with van der Waals surface area (Å²) in [5.41, 5.74) is 1.25. The number of hydrogen-bond donors (Lipinski definition) is 0. The van der Waals surface area contributed by atoms with Crippen LogP contribution >= 0.6 is 0 Å². The van der Waals surface area contributed by atoms with E-state index in [0.29, 0.717) is 17.7 Å². The van der Waals surface area contributed by atoms with E-state index in [1.54, 1.807) is 0 Å². The van der Waals surface area contributed by atoms with Crippen molar-refractivity contribution in [2.75, 3.05) is 6.54 Å². The maximum absolute atomic E-state index is 12.6. The molecule has 1 saturated carbocycles. The van der Waals surface area contributed by atoms with E-state index in [0.717, 1.165) is 25.4 Å². The minimum Gasteiger partial charge on any atom is -0.338 e. The van der Waals surface area contributed by atoms with Crippen molar-refractivity contribution in [3.63, 3.8) is 0 Å². The molecule has 1 unspecified atom stereocenters. The molecule has 0 spiro atoms. The molecule has 2 fully saturated rings. The van der Waals surface area contributed by atoms with Crippen LogP contribution in [-0.4, -0.2) is 17.4 Å². The first-order valence-corrected chi connectivity index (χ1v) is 7.57. The molecule has 102 valence electrons. The smallest absolute Gasteiger partial charge is 0.226 e. The molecule has 1 saturated heterocycles. The Kier molecular flexibility index (Phi) is 3.58. The van der Waals surface area contributed by atoms with E-state index in [-0.39, 0.29) is 0 Å². The first-order chi connectivity index (χ1) is 9.24. The van der Waals surface area contributed by atoms with Crippen molar-refractivity contribution in [1.82, 2.24) is 4.90 Å². The first kappa shape index (κ1) is 12.7. The molecule has 2 aliphatic rings. The third kappa shape index (κ3) is 2.68. The Balaban J connectivity index is 1.64. The van der Waals surface area contributed by atoms with Crippen molar-refractivity contribution in [3.8, 4) is 0 Å². The van der Waals surface area contributed by atoms with Gasteiger partial charge in [-0.3, -0.25) is 4.79 Å². The predicted octanol–water partition coefficient (Wildman–Crippen LogP) is 3.47. The van der Waals surface area contributed by atoms with Gasteiger partial charge in [0.1, 0.15) is 0 Å². The van der Waals surface area contributed by atoms with Crippen LogP contribution in [0.4, 0.5) is 0 Å². The van der Waals surface area contributed by atoms with Crippen LogP contribution in [0.3, 0.4) is 0 Å². The third-order valence-corrected chi connectivity index (χ3v) is 4.77. The van der Waals surface area contributed by atoms with Gasteiger partial charge >= 0.3 is 0 Å². The summed E-state index contributed by atoms with van der Waals surface area (Å²) in [7, 11) is 0. The van der Waals surface area contributed by atoms with Crippen LogP contribution in [-0.2, 0) is 11.3 Å². The van der Waals surface area contributed by atoms with Gasteiger partial charge in [0.2, 0.25) is 5.91 Å². The fraction of sp³-hybridized carbons (Fsp3) is 0.588. The zero-order chi connectivity index (χ0) is 13.2. The maximum Gasteiger partial charge on any atom is 0.226 e. The van der Waals surface area contributed by atoms with Crippen LogP contribution < -0.4 is 0 Å². The number of benzene rings is 1. The van der Waals surface area contributed by atoms with Crippen molar-refractivity contribution in [2.24, 2.45) is 17.8 Å². The van der Waals surface area contributed by atoms with Gasteiger partial charge in [0.05, 0.1) is 0 Å². The summed E-state index contributed by atoms with van der Waals surface area (Å²) < 4.78 is 0. The van der Waals surface area contributed by atoms with Crippen molar-refractivity contribution in [3.05, 3.63) is 35.9 Å². The van der Waals surface area contributed by atoms with Gasteiger partial charge in [-0.1, -0.05) is 37.3 Å². The van der Waals surface area contributed by atoms with Gasteiger partial charge in [0, 0.05) is 19.0 Å². The first-order valence-electron chi connectivity index (χ1n) is 7.57. The average molecular weight is 257 g/mol. The summed E-state index contributed by atoms with van der Waals surface area (Å²) in [5, 5.41) is 0. The Morgan fingerprint density at radius 3 is 2.63 bits per heavy atom. The molecule has 1 aliphatic carbocycles. The standard InChI is InChI=1S/C17H23NO/c1-13-10-15(11-13)16-8-5-9-18(17(16)19)12-14-6-3-2-4-7-14/h2-4,6-7,13,15-16H,5,8-12H2,1H3. The monoisotopic (exact) mass is 257 g/mol. The van der Waals surface area contributed by atoms with Gasteiger partial charge in [-0.2, -0.15) is 0 Å². The minimum absolute atomic E-state index is 0.314. The van der Waals surface area contributed by atoms with Crippen molar-refractivity contribution >= 4 is 5.91 Å². The van der Waals surface area contributed by atoms with Gasteiger partial charge in [0.25, 0.3) is 0 Å². The van der Waals surface area contributed by atoms with Crippen molar-refractivity contribution in [2.45, 2.75) is 39.2 Å². The quantitative estimate of drug-likeness (QED) is 0.812. The van der Waals surface area contributed by atoms with E-state index in [1.807, 2.05) is 6.07 Å². The molecule has 0 aromatic heterocycles. The van der Waals surface area contributed by atoms with Crippen LogP contribution in [0.2, 0.25) is 0 Å². The Bertz CT molecular complexity index is 436. The Morgan fingerprint density at radius 1 is 1.21 bits per heavy atom. The molecule has 2 nitrogen and oxygen atoms in total. The van der Waals surface area contributed by atoms with Gasteiger partial charge in [-0.25, -0.2) is 0 Å². The number of amides is 1. The van der Waals surface area contributed by atoms with Crippen LogP contribution in [0.15, 0.2) is 30.3 Å². The maximum atomic E-state index is 12.6. The third-order valence-electron chi connectivity index (χ3n) is 4.77. The van der Waals surface area contributed by atoms with Gasteiger partial charge in [-0.05, 0) is 43.1 Å². The molecule has 0 N–H and O–H groups in total. The number of hydrogen-bond acceptors (Lipinski definition) is 1. The second-order valence-electron chi connectivity index (χ2n) is 6.33. The summed E-state index contributed by atoms with van der Waals surface area (Å²) in [6.07, 6.45) is 4.81. The largest absolute Gasteiger partial charge is 0.338 e. The van der Waals surface area contributed by atoms with E-state index in [4.69, 9.17) is 0 Å². The number of likely N-dealkylation sites (tertiary alicyclic amines) is 1. The highest BCUT2D eigenvalue weighted by atomic mass is 16.2. The molecule has 1 aromatic rings.